The molecule has 0 aliphatic heterocycles. The molecule has 2 aromatic carbocycles. The highest BCUT2D eigenvalue weighted by Gasteiger charge is 2.25. The summed E-state index contributed by atoms with van der Waals surface area (Å²) in [6.07, 6.45) is 4.68. The Morgan fingerprint density at radius 2 is 1.86 bits per heavy atom. The topological polar surface area (TPSA) is 90.5 Å². The molecule has 1 aliphatic carbocycles. The molecule has 36 heavy (non-hydrogen) atoms. The SMILES string of the molecule is COc1ccccc1NC(=O)Cn1c(=O)n2nc(Cc3ccccc3)nc2c2c3c(sc21)CCCC3. The van der Waals surface area contributed by atoms with Crippen molar-refractivity contribution in [3.05, 3.63) is 86.9 Å². The number of ether oxygens (including phenoxy) is 1. The average Bonchev–Trinajstić information content (AvgIpc) is 3.49. The maximum absolute atomic E-state index is 13.7. The third-order valence-corrected chi connectivity index (χ3v) is 7.89. The van der Waals surface area contributed by atoms with Crippen molar-refractivity contribution < 1.29 is 9.53 Å². The summed E-state index contributed by atoms with van der Waals surface area (Å²) in [5.41, 5.74) is 3.10. The fourth-order valence-corrected chi connectivity index (χ4v) is 6.27. The van der Waals surface area contributed by atoms with Gasteiger partial charge in [0.15, 0.2) is 11.5 Å². The minimum Gasteiger partial charge on any atom is -0.495 e. The Balaban J connectivity index is 1.46. The number of aromatic nitrogens is 4. The minimum absolute atomic E-state index is 0.128. The van der Waals surface area contributed by atoms with E-state index < -0.39 is 0 Å². The van der Waals surface area contributed by atoms with Gasteiger partial charge in [-0.05, 0) is 48.9 Å². The molecule has 6 rings (SSSR count). The third-order valence-electron chi connectivity index (χ3n) is 6.57. The van der Waals surface area contributed by atoms with E-state index in [1.54, 1.807) is 30.6 Å². The number of nitrogens with zero attached hydrogens (tertiary/aromatic N) is 4. The van der Waals surface area contributed by atoms with E-state index in [0.29, 0.717) is 29.3 Å². The van der Waals surface area contributed by atoms with Crippen LogP contribution in [0.1, 0.15) is 34.7 Å². The van der Waals surface area contributed by atoms with Crippen LogP contribution in [0, 0.1) is 0 Å². The number of aryl methyl sites for hydroxylation is 2. The highest BCUT2D eigenvalue weighted by atomic mass is 32.1. The number of nitrogens with one attached hydrogen (secondary N) is 1. The lowest BCUT2D eigenvalue weighted by atomic mass is 9.97. The average molecular weight is 500 g/mol. The van der Waals surface area contributed by atoms with Gasteiger partial charge in [0.2, 0.25) is 5.91 Å². The maximum atomic E-state index is 13.7. The molecule has 1 amide bonds. The lowest BCUT2D eigenvalue weighted by Crippen LogP contribution is -2.32. The van der Waals surface area contributed by atoms with Crippen molar-refractivity contribution >= 4 is 38.8 Å². The summed E-state index contributed by atoms with van der Waals surface area (Å²) in [7, 11) is 1.56. The van der Waals surface area contributed by atoms with E-state index in [1.165, 1.54) is 19.5 Å². The van der Waals surface area contributed by atoms with Gasteiger partial charge in [0, 0.05) is 11.3 Å². The Kier molecular flexibility index (Phi) is 5.77. The number of carbonyl (C=O) groups excluding carboxylic acids is 1. The molecule has 9 heteroatoms. The molecule has 182 valence electrons. The number of methoxy groups -OCH3 is 1. The van der Waals surface area contributed by atoms with Crippen LogP contribution in [0.4, 0.5) is 5.69 Å². The first-order valence-electron chi connectivity index (χ1n) is 12.0. The van der Waals surface area contributed by atoms with E-state index in [0.717, 1.165) is 41.5 Å². The predicted octanol–water partition coefficient (Wildman–Crippen LogP) is 4.22. The van der Waals surface area contributed by atoms with E-state index in [9.17, 15) is 9.59 Å². The van der Waals surface area contributed by atoms with Gasteiger partial charge in [-0.25, -0.2) is 9.78 Å². The van der Waals surface area contributed by atoms with E-state index in [1.807, 2.05) is 42.5 Å². The molecular weight excluding hydrogens is 474 g/mol. The van der Waals surface area contributed by atoms with Crippen molar-refractivity contribution in [1.82, 2.24) is 19.2 Å². The van der Waals surface area contributed by atoms with E-state index in [2.05, 4.69) is 10.4 Å². The molecule has 0 bridgehead atoms. The van der Waals surface area contributed by atoms with Gasteiger partial charge < -0.3 is 10.1 Å². The molecule has 0 saturated carbocycles. The normalized spacial score (nSPS) is 13.1. The molecule has 1 N–H and O–H groups in total. The molecule has 8 nitrogen and oxygen atoms in total. The number of anilines is 1. The molecule has 0 saturated heterocycles. The van der Waals surface area contributed by atoms with Crippen molar-refractivity contribution in [2.45, 2.75) is 38.6 Å². The van der Waals surface area contributed by atoms with Crippen molar-refractivity contribution in [2.24, 2.45) is 0 Å². The lowest BCUT2D eigenvalue weighted by Gasteiger charge is -2.12. The molecule has 3 aromatic heterocycles. The van der Waals surface area contributed by atoms with Gasteiger partial charge >= 0.3 is 5.69 Å². The van der Waals surface area contributed by atoms with Gasteiger partial charge in [0.05, 0.1) is 18.2 Å². The number of hydrogen-bond acceptors (Lipinski definition) is 6. The molecule has 3 heterocycles. The van der Waals surface area contributed by atoms with Crippen LogP contribution in [0.15, 0.2) is 59.4 Å². The Morgan fingerprint density at radius 1 is 1.08 bits per heavy atom. The molecule has 0 unspecified atom stereocenters. The van der Waals surface area contributed by atoms with Gasteiger partial charge in [-0.15, -0.1) is 16.4 Å². The van der Waals surface area contributed by atoms with Gasteiger partial charge in [-0.3, -0.25) is 9.36 Å². The van der Waals surface area contributed by atoms with Crippen LogP contribution in [-0.2, 0) is 30.6 Å². The molecule has 0 atom stereocenters. The molecule has 1 aliphatic rings. The van der Waals surface area contributed by atoms with Crippen molar-refractivity contribution in [1.29, 1.82) is 0 Å². The van der Waals surface area contributed by atoms with Crippen molar-refractivity contribution in [3.8, 4) is 5.75 Å². The number of benzene rings is 2. The largest absolute Gasteiger partial charge is 0.495 e. The van der Waals surface area contributed by atoms with E-state index in [4.69, 9.17) is 9.72 Å². The number of carbonyl (C=O) groups is 1. The smallest absolute Gasteiger partial charge is 0.352 e. The Bertz CT molecular complexity index is 1650. The number of fused-ring (bicyclic) bond motifs is 5. The van der Waals surface area contributed by atoms with Crippen LogP contribution in [-0.4, -0.2) is 32.2 Å². The maximum Gasteiger partial charge on any atom is 0.352 e. The monoisotopic (exact) mass is 499 g/mol. The zero-order valence-corrected chi connectivity index (χ0v) is 20.7. The highest BCUT2D eigenvalue weighted by Crippen LogP contribution is 2.37. The molecule has 0 fully saturated rings. The van der Waals surface area contributed by atoms with Crippen molar-refractivity contribution in [3.63, 3.8) is 0 Å². The first-order chi connectivity index (χ1) is 17.6. The fraction of sp³-hybridized carbons (Fsp3) is 0.259. The first kappa shape index (κ1) is 22.5. The standard InChI is InChI=1S/C27H25N5O3S/c1-35-20-13-7-6-12-19(20)28-23(33)16-31-26-24(18-11-5-8-14-21(18)36-26)25-29-22(30-32(25)27(31)34)15-17-9-3-2-4-10-17/h2-4,6-7,9-10,12-13H,5,8,11,14-16H2,1H3,(H,28,33). The third kappa shape index (κ3) is 3.95. The second-order valence-electron chi connectivity index (χ2n) is 8.93. The van der Waals surface area contributed by atoms with Gasteiger partial charge in [0.25, 0.3) is 0 Å². The molecule has 0 spiro atoms. The highest BCUT2D eigenvalue weighted by molar-refractivity contribution is 7.19. The summed E-state index contributed by atoms with van der Waals surface area (Å²) in [4.78, 5) is 33.6. The van der Waals surface area contributed by atoms with Crippen molar-refractivity contribution in [2.75, 3.05) is 12.4 Å². The van der Waals surface area contributed by atoms with Crippen LogP contribution in [0.5, 0.6) is 5.75 Å². The Labute approximate surface area is 211 Å². The predicted molar refractivity (Wildman–Crippen MR) is 140 cm³/mol. The second-order valence-corrected chi connectivity index (χ2v) is 10.0. The number of thiophene rings is 1. The summed E-state index contributed by atoms with van der Waals surface area (Å²) in [5, 5.41) is 8.43. The summed E-state index contributed by atoms with van der Waals surface area (Å²) in [5.74, 6) is 0.844. The van der Waals surface area contributed by atoms with Gasteiger partial charge in [0.1, 0.15) is 17.1 Å². The molecule has 0 radical (unpaired) electrons. The van der Waals surface area contributed by atoms with Crippen LogP contribution in [0.2, 0.25) is 0 Å². The number of para-hydroxylation sites is 2. The van der Waals surface area contributed by atoms with E-state index in [-0.39, 0.29) is 18.1 Å². The van der Waals surface area contributed by atoms with E-state index >= 15 is 0 Å². The molecule has 5 aromatic rings. The summed E-state index contributed by atoms with van der Waals surface area (Å²) >= 11 is 1.60. The zero-order chi connectivity index (χ0) is 24.6. The quantitative estimate of drug-likeness (QED) is 0.378. The number of amides is 1. The summed E-state index contributed by atoms with van der Waals surface area (Å²) < 4.78 is 8.26. The van der Waals surface area contributed by atoms with Crippen LogP contribution >= 0.6 is 11.3 Å². The Morgan fingerprint density at radius 3 is 2.69 bits per heavy atom. The minimum atomic E-state index is -0.363. The number of hydrogen-bond donors (Lipinski definition) is 1. The van der Waals surface area contributed by atoms with Gasteiger partial charge in [-0.1, -0.05) is 42.5 Å². The zero-order valence-electron chi connectivity index (χ0n) is 19.9. The summed E-state index contributed by atoms with van der Waals surface area (Å²) in [6, 6.07) is 17.2. The number of rotatable bonds is 6. The Hall–Kier alpha value is -3.98. The van der Waals surface area contributed by atoms with Gasteiger partial charge in [-0.2, -0.15) is 4.52 Å². The van der Waals surface area contributed by atoms with Crippen LogP contribution in [0.25, 0.3) is 15.9 Å². The lowest BCUT2D eigenvalue weighted by molar-refractivity contribution is -0.116. The summed E-state index contributed by atoms with van der Waals surface area (Å²) in [6.45, 7) is -0.128. The molecular formula is C27H25N5O3S. The first-order valence-corrected chi connectivity index (χ1v) is 12.8. The van der Waals surface area contributed by atoms with Crippen LogP contribution < -0.4 is 15.7 Å². The van der Waals surface area contributed by atoms with Crippen LogP contribution in [0.3, 0.4) is 0 Å². The fourth-order valence-electron chi connectivity index (χ4n) is 4.90. The second kappa shape index (κ2) is 9.23.